The van der Waals surface area contributed by atoms with Crippen LogP contribution in [0.4, 0.5) is 0 Å². The summed E-state index contributed by atoms with van der Waals surface area (Å²) >= 11 is 5.22. The normalized spacial score (nSPS) is 11.0. The highest BCUT2D eigenvalue weighted by Gasteiger charge is 2.08. The van der Waals surface area contributed by atoms with Gasteiger partial charge >= 0.3 is 0 Å². The first-order valence-corrected chi connectivity index (χ1v) is 6.96. The predicted octanol–water partition coefficient (Wildman–Crippen LogP) is 2.89. The van der Waals surface area contributed by atoms with E-state index < -0.39 is 0 Å². The monoisotopic (exact) mass is 311 g/mol. The van der Waals surface area contributed by atoms with Crippen LogP contribution in [0.2, 0.25) is 0 Å². The van der Waals surface area contributed by atoms with E-state index in [4.69, 9.17) is 17.0 Å². The second-order valence-corrected chi connectivity index (χ2v) is 4.79. The van der Waals surface area contributed by atoms with Gasteiger partial charge in [-0.1, -0.05) is 18.2 Å². The van der Waals surface area contributed by atoms with Crippen LogP contribution in [-0.2, 0) is 0 Å². The standard InChI is InChI=1S/C15H13N5OS/c1-21-12-6-4-5-11(9-12)10-17-20-14(18-19-15(20)22)13-7-2-3-8-16-13/h2-10H,1H3,(H,19,22)/b17-10+. The highest BCUT2D eigenvalue weighted by atomic mass is 32.1. The Hall–Kier alpha value is -2.80. The smallest absolute Gasteiger partial charge is 0.216 e. The Balaban J connectivity index is 1.97. The summed E-state index contributed by atoms with van der Waals surface area (Å²) in [5, 5.41) is 11.3. The van der Waals surface area contributed by atoms with Gasteiger partial charge in [-0.3, -0.25) is 4.98 Å². The number of methoxy groups -OCH3 is 1. The Morgan fingerprint density at radius 1 is 1.27 bits per heavy atom. The van der Waals surface area contributed by atoms with Gasteiger partial charge in [0, 0.05) is 6.20 Å². The summed E-state index contributed by atoms with van der Waals surface area (Å²) in [6.45, 7) is 0. The third-order valence-electron chi connectivity index (χ3n) is 2.96. The summed E-state index contributed by atoms with van der Waals surface area (Å²) in [6.07, 6.45) is 3.39. The van der Waals surface area contributed by atoms with Gasteiger partial charge in [0.15, 0.2) is 0 Å². The SMILES string of the molecule is COc1cccc(/C=N/n2c(-c3ccccn3)n[nH]c2=S)c1. The first kappa shape index (κ1) is 14.2. The Bertz CT molecular complexity index is 854. The molecule has 0 radical (unpaired) electrons. The lowest BCUT2D eigenvalue weighted by molar-refractivity contribution is 0.415. The van der Waals surface area contributed by atoms with Crippen LogP contribution in [-0.4, -0.2) is 33.2 Å². The molecule has 1 aromatic carbocycles. The molecule has 0 saturated carbocycles. The Kier molecular flexibility index (Phi) is 4.06. The number of nitrogens with one attached hydrogen (secondary N) is 1. The second-order valence-electron chi connectivity index (χ2n) is 4.40. The lowest BCUT2D eigenvalue weighted by Gasteiger charge is -2.01. The van der Waals surface area contributed by atoms with Crippen molar-refractivity contribution in [2.45, 2.75) is 0 Å². The van der Waals surface area contributed by atoms with Crippen molar-refractivity contribution in [1.82, 2.24) is 19.9 Å². The predicted molar refractivity (Wildman–Crippen MR) is 86.6 cm³/mol. The number of hydrogen-bond donors (Lipinski definition) is 1. The maximum atomic E-state index is 5.22. The van der Waals surface area contributed by atoms with Gasteiger partial charge in [-0.05, 0) is 42.0 Å². The molecule has 0 bridgehead atoms. The molecular weight excluding hydrogens is 298 g/mol. The molecule has 6 nitrogen and oxygen atoms in total. The molecule has 22 heavy (non-hydrogen) atoms. The molecule has 0 aliphatic heterocycles. The average molecular weight is 311 g/mol. The Morgan fingerprint density at radius 2 is 2.18 bits per heavy atom. The Labute approximate surface area is 132 Å². The van der Waals surface area contributed by atoms with Crippen LogP contribution in [0, 0.1) is 4.77 Å². The summed E-state index contributed by atoms with van der Waals surface area (Å²) in [4.78, 5) is 4.26. The van der Waals surface area contributed by atoms with Crippen LogP contribution >= 0.6 is 12.2 Å². The minimum atomic E-state index is 0.403. The highest BCUT2D eigenvalue weighted by molar-refractivity contribution is 7.71. The van der Waals surface area contributed by atoms with E-state index in [0.717, 1.165) is 11.3 Å². The zero-order valence-corrected chi connectivity index (χ0v) is 12.6. The molecule has 3 rings (SSSR count). The minimum absolute atomic E-state index is 0.403. The van der Waals surface area contributed by atoms with Gasteiger partial charge in [-0.15, -0.1) is 0 Å². The number of nitrogens with zero attached hydrogens (tertiary/aromatic N) is 4. The number of hydrogen-bond acceptors (Lipinski definition) is 5. The van der Waals surface area contributed by atoms with Crippen molar-refractivity contribution in [2.24, 2.45) is 5.10 Å². The van der Waals surface area contributed by atoms with Crippen molar-refractivity contribution >= 4 is 18.4 Å². The summed E-state index contributed by atoms with van der Waals surface area (Å²) in [6, 6.07) is 13.2. The van der Waals surface area contributed by atoms with E-state index in [1.165, 1.54) is 4.68 Å². The summed E-state index contributed by atoms with van der Waals surface area (Å²) in [7, 11) is 1.63. The summed E-state index contributed by atoms with van der Waals surface area (Å²) in [5.41, 5.74) is 1.59. The molecule has 0 saturated heterocycles. The molecule has 0 unspecified atom stereocenters. The van der Waals surface area contributed by atoms with Crippen molar-refractivity contribution in [3.63, 3.8) is 0 Å². The van der Waals surface area contributed by atoms with Crippen LogP contribution in [0.25, 0.3) is 11.5 Å². The fraction of sp³-hybridized carbons (Fsp3) is 0.0667. The molecule has 0 fully saturated rings. The minimum Gasteiger partial charge on any atom is -0.497 e. The van der Waals surface area contributed by atoms with Crippen LogP contribution in [0.1, 0.15) is 5.56 Å². The molecule has 0 spiro atoms. The Morgan fingerprint density at radius 3 is 2.95 bits per heavy atom. The fourth-order valence-corrected chi connectivity index (χ4v) is 2.09. The molecular formula is C15H13N5OS. The van der Waals surface area contributed by atoms with E-state index in [2.05, 4.69) is 20.3 Å². The van der Waals surface area contributed by atoms with E-state index >= 15 is 0 Å². The molecule has 2 aromatic heterocycles. The number of H-pyrrole nitrogens is 1. The third-order valence-corrected chi connectivity index (χ3v) is 3.22. The molecule has 1 N–H and O–H groups in total. The number of benzene rings is 1. The van der Waals surface area contributed by atoms with Crippen molar-refractivity contribution in [3.8, 4) is 17.3 Å². The van der Waals surface area contributed by atoms with Crippen molar-refractivity contribution in [2.75, 3.05) is 7.11 Å². The quantitative estimate of drug-likeness (QED) is 0.594. The second kappa shape index (κ2) is 6.31. The largest absolute Gasteiger partial charge is 0.497 e. The van der Waals surface area contributed by atoms with E-state index in [0.29, 0.717) is 16.3 Å². The van der Waals surface area contributed by atoms with Gasteiger partial charge in [0.1, 0.15) is 11.4 Å². The highest BCUT2D eigenvalue weighted by Crippen LogP contribution is 2.14. The van der Waals surface area contributed by atoms with E-state index in [-0.39, 0.29) is 0 Å². The first-order valence-electron chi connectivity index (χ1n) is 6.55. The van der Waals surface area contributed by atoms with Gasteiger partial charge < -0.3 is 4.74 Å². The number of aromatic amines is 1. The van der Waals surface area contributed by atoms with Gasteiger partial charge in [0.25, 0.3) is 0 Å². The zero-order chi connectivity index (χ0) is 15.4. The van der Waals surface area contributed by atoms with Crippen molar-refractivity contribution < 1.29 is 4.74 Å². The number of aromatic nitrogens is 4. The topological polar surface area (TPSA) is 68.1 Å². The lowest BCUT2D eigenvalue weighted by atomic mass is 10.2. The number of rotatable bonds is 4. The van der Waals surface area contributed by atoms with Crippen molar-refractivity contribution in [3.05, 3.63) is 59.0 Å². The van der Waals surface area contributed by atoms with Crippen LogP contribution in [0.3, 0.4) is 0 Å². The average Bonchev–Trinajstić information content (AvgIpc) is 2.95. The van der Waals surface area contributed by atoms with E-state index in [9.17, 15) is 0 Å². The van der Waals surface area contributed by atoms with Gasteiger partial charge in [-0.25, -0.2) is 5.10 Å². The zero-order valence-electron chi connectivity index (χ0n) is 11.8. The summed E-state index contributed by atoms with van der Waals surface area (Å²) < 4.78 is 7.13. The van der Waals surface area contributed by atoms with E-state index in [1.54, 1.807) is 19.5 Å². The number of ether oxygens (including phenoxy) is 1. The molecule has 110 valence electrons. The van der Waals surface area contributed by atoms with E-state index in [1.807, 2.05) is 42.5 Å². The van der Waals surface area contributed by atoms with Crippen LogP contribution in [0.15, 0.2) is 53.8 Å². The molecule has 0 aliphatic carbocycles. The first-order chi connectivity index (χ1) is 10.8. The molecule has 0 amide bonds. The van der Waals surface area contributed by atoms with Crippen LogP contribution in [0.5, 0.6) is 5.75 Å². The maximum Gasteiger partial charge on any atom is 0.216 e. The molecule has 0 aliphatic rings. The van der Waals surface area contributed by atoms with Gasteiger partial charge in [0.05, 0.1) is 13.3 Å². The fourth-order valence-electron chi connectivity index (χ4n) is 1.91. The molecule has 2 heterocycles. The molecule has 0 atom stereocenters. The van der Waals surface area contributed by atoms with Crippen molar-refractivity contribution in [1.29, 1.82) is 0 Å². The summed E-state index contributed by atoms with van der Waals surface area (Å²) in [5.74, 6) is 1.33. The van der Waals surface area contributed by atoms with Gasteiger partial charge in [0.2, 0.25) is 10.6 Å². The maximum absolute atomic E-state index is 5.22. The number of pyridine rings is 1. The molecule has 7 heteroatoms. The molecule has 3 aromatic rings. The third kappa shape index (κ3) is 2.94. The van der Waals surface area contributed by atoms with Gasteiger partial charge in [-0.2, -0.15) is 14.9 Å². The lowest BCUT2D eigenvalue weighted by Crippen LogP contribution is -1.96. The van der Waals surface area contributed by atoms with Crippen LogP contribution < -0.4 is 4.74 Å².